The standard InChI is InChI=1S/C8H14O3.C8H12O3/c2*1-10-8(9)6-7-2-4-11-5-3-7/h7H,2-6H2,1H3;6H,2-5H2,1H3. The highest BCUT2D eigenvalue weighted by Crippen LogP contribution is 2.18. The van der Waals surface area contributed by atoms with Crippen LogP contribution in [0.5, 0.6) is 0 Å². The van der Waals surface area contributed by atoms with Crippen molar-refractivity contribution >= 4 is 11.9 Å². The average Bonchev–Trinajstić information content (AvgIpc) is 2.57. The van der Waals surface area contributed by atoms with Gasteiger partial charge in [-0.05, 0) is 31.6 Å². The zero-order chi connectivity index (χ0) is 16.2. The van der Waals surface area contributed by atoms with E-state index in [1.165, 1.54) is 14.2 Å². The van der Waals surface area contributed by atoms with Gasteiger partial charge in [0.05, 0.1) is 27.4 Å². The van der Waals surface area contributed by atoms with Gasteiger partial charge in [0.2, 0.25) is 0 Å². The topological polar surface area (TPSA) is 71.1 Å². The molecule has 0 radical (unpaired) electrons. The molecule has 0 aromatic rings. The fourth-order valence-electron chi connectivity index (χ4n) is 2.27. The second-order valence-corrected chi connectivity index (χ2v) is 5.27. The number of carbonyl (C=O) groups excluding carboxylic acids is 2. The van der Waals surface area contributed by atoms with Crippen LogP contribution in [0.4, 0.5) is 0 Å². The van der Waals surface area contributed by atoms with E-state index in [0.717, 1.165) is 57.7 Å². The van der Waals surface area contributed by atoms with E-state index in [4.69, 9.17) is 9.47 Å². The molecule has 2 heterocycles. The highest BCUT2D eigenvalue weighted by atomic mass is 16.5. The first-order valence-electron chi connectivity index (χ1n) is 7.65. The van der Waals surface area contributed by atoms with Crippen LogP contribution in [0.2, 0.25) is 0 Å². The number of methoxy groups -OCH3 is 2. The molecule has 2 rings (SSSR count). The van der Waals surface area contributed by atoms with Crippen LogP contribution in [0.25, 0.3) is 0 Å². The van der Waals surface area contributed by atoms with Gasteiger partial charge in [0.15, 0.2) is 0 Å². The Balaban J connectivity index is 0.000000220. The summed E-state index contributed by atoms with van der Waals surface area (Å²) in [5.41, 5.74) is 1.13. The van der Waals surface area contributed by atoms with Crippen LogP contribution in [0.1, 0.15) is 32.1 Å². The summed E-state index contributed by atoms with van der Waals surface area (Å²) >= 11 is 0. The molecule has 0 atom stereocenters. The van der Waals surface area contributed by atoms with Crippen LogP contribution in [-0.4, -0.2) is 52.6 Å². The summed E-state index contributed by atoms with van der Waals surface area (Å²) in [6.07, 6.45) is 5.82. The molecule has 2 saturated heterocycles. The zero-order valence-electron chi connectivity index (χ0n) is 13.5. The van der Waals surface area contributed by atoms with E-state index in [-0.39, 0.29) is 11.9 Å². The maximum absolute atomic E-state index is 10.8. The predicted molar refractivity (Wildman–Crippen MR) is 80.3 cm³/mol. The summed E-state index contributed by atoms with van der Waals surface area (Å²) in [4.78, 5) is 21.6. The first-order valence-corrected chi connectivity index (χ1v) is 7.65. The fourth-order valence-corrected chi connectivity index (χ4v) is 2.27. The van der Waals surface area contributed by atoms with Crippen LogP contribution >= 0.6 is 0 Å². The molecule has 0 amide bonds. The fraction of sp³-hybridized carbons (Fsp3) is 0.750. The van der Waals surface area contributed by atoms with E-state index >= 15 is 0 Å². The monoisotopic (exact) mass is 314 g/mol. The third kappa shape index (κ3) is 8.14. The summed E-state index contributed by atoms with van der Waals surface area (Å²) in [5.74, 6) is 0.120. The lowest BCUT2D eigenvalue weighted by atomic mass is 9.97. The number of carbonyl (C=O) groups is 2. The van der Waals surface area contributed by atoms with Gasteiger partial charge in [0.1, 0.15) is 0 Å². The first kappa shape index (κ1) is 18.6. The van der Waals surface area contributed by atoms with Gasteiger partial charge in [-0.25, -0.2) is 4.79 Å². The molecule has 0 bridgehead atoms. The molecule has 0 N–H and O–H groups in total. The molecule has 126 valence electrons. The number of hydrogen-bond acceptors (Lipinski definition) is 6. The molecule has 6 nitrogen and oxygen atoms in total. The first-order chi connectivity index (χ1) is 10.7. The number of ether oxygens (including phenoxy) is 4. The summed E-state index contributed by atoms with van der Waals surface area (Å²) in [5, 5.41) is 0. The van der Waals surface area contributed by atoms with Gasteiger partial charge in [-0.2, -0.15) is 0 Å². The van der Waals surface area contributed by atoms with Crippen molar-refractivity contribution in [3.63, 3.8) is 0 Å². The number of esters is 2. The van der Waals surface area contributed by atoms with Crippen LogP contribution in [-0.2, 0) is 28.5 Å². The largest absolute Gasteiger partial charge is 0.469 e. The van der Waals surface area contributed by atoms with Crippen molar-refractivity contribution in [2.45, 2.75) is 32.1 Å². The molecule has 2 fully saturated rings. The van der Waals surface area contributed by atoms with Gasteiger partial charge in [0, 0.05) is 25.7 Å². The van der Waals surface area contributed by atoms with E-state index in [1.54, 1.807) is 6.08 Å². The Morgan fingerprint density at radius 2 is 1.64 bits per heavy atom. The molecule has 0 aromatic heterocycles. The maximum atomic E-state index is 10.8. The molecule has 22 heavy (non-hydrogen) atoms. The molecule has 0 aromatic carbocycles. The van der Waals surface area contributed by atoms with Gasteiger partial charge in [0.25, 0.3) is 0 Å². The van der Waals surface area contributed by atoms with Gasteiger partial charge in [-0.15, -0.1) is 0 Å². The molecule has 2 aliphatic heterocycles. The lowest BCUT2D eigenvalue weighted by molar-refractivity contribution is -0.142. The second-order valence-electron chi connectivity index (χ2n) is 5.27. The summed E-state index contributed by atoms with van der Waals surface area (Å²) in [7, 11) is 2.82. The Labute approximate surface area is 131 Å². The Hall–Kier alpha value is -1.40. The highest BCUT2D eigenvalue weighted by molar-refractivity contribution is 5.82. The van der Waals surface area contributed by atoms with Crippen molar-refractivity contribution in [3.05, 3.63) is 11.6 Å². The van der Waals surface area contributed by atoms with Crippen molar-refractivity contribution in [1.82, 2.24) is 0 Å². The molecule has 6 heteroatoms. The van der Waals surface area contributed by atoms with Gasteiger partial charge >= 0.3 is 11.9 Å². The minimum atomic E-state index is -0.262. The molecule has 0 aliphatic carbocycles. The number of hydrogen-bond donors (Lipinski definition) is 0. The molecule has 0 saturated carbocycles. The van der Waals surface area contributed by atoms with E-state index < -0.39 is 0 Å². The summed E-state index contributed by atoms with van der Waals surface area (Å²) in [6.45, 7) is 3.04. The maximum Gasteiger partial charge on any atom is 0.330 e. The smallest absolute Gasteiger partial charge is 0.330 e. The van der Waals surface area contributed by atoms with Gasteiger partial charge in [-0.1, -0.05) is 5.57 Å². The minimum absolute atomic E-state index is 0.100. The molecule has 0 spiro atoms. The summed E-state index contributed by atoms with van der Waals surface area (Å²) < 4.78 is 19.4. The molecular formula is C16H26O6. The van der Waals surface area contributed by atoms with Crippen molar-refractivity contribution in [3.8, 4) is 0 Å². The lowest BCUT2D eigenvalue weighted by Gasteiger charge is -2.20. The van der Waals surface area contributed by atoms with Crippen LogP contribution in [0.3, 0.4) is 0 Å². The van der Waals surface area contributed by atoms with Gasteiger partial charge in [-0.3, -0.25) is 4.79 Å². The zero-order valence-corrected chi connectivity index (χ0v) is 13.5. The van der Waals surface area contributed by atoms with Crippen LogP contribution < -0.4 is 0 Å². The third-order valence-corrected chi connectivity index (χ3v) is 3.68. The SMILES string of the molecule is COC(=O)C=C1CCOCC1.COC(=O)CC1CCOCC1. The quantitative estimate of drug-likeness (QED) is 0.585. The molecular weight excluding hydrogens is 288 g/mol. The summed E-state index contributed by atoms with van der Waals surface area (Å²) in [6, 6.07) is 0. The Bertz CT molecular complexity index is 363. The van der Waals surface area contributed by atoms with E-state index in [2.05, 4.69) is 9.47 Å². The van der Waals surface area contributed by atoms with Crippen LogP contribution in [0, 0.1) is 5.92 Å². The Morgan fingerprint density at radius 3 is 2.18 bits per heavy atom. The number of rotatable bonds is 3. The minimum Gasteiger partial charge on any atom is -0.469 e. The second kappa shape index (κ2) is 11.2. The Kier molecular flexibility index (Phi) is 9.50. The molecule has 0 unspecified atom stereocenters. The van der Waals surface area contributed by atoms with Gasteiger partial charge < -0.3 is 18.9 Å². The van der Waals surface area contributed by atoms with E-state index in [0.29, 0.717) is 12.3 Å². The van der Waals surface area contributed by atoms with Crippen molar-refractivity contribution < 1.29 is 28.5 Å². The van der Waals surface area contributed by atoms with Crippen LogP contribution in [0.15, 0.2) is 11.6 Å². The Morgan fingerprint density at radius 1 is 1.05 bits per heavy atom. The lowest BCUT2D eigenvalue weighted by Crippen LogP contribution is -2.19. The van der Waals surface area contributed by atoms with Crippen molar-refractivity contribution in [2.75, 3.05) is 40.6 Å². The third-order valence-electron chi connectivity index (χ3n) is 3.68. The van der Waals surface area contributed by atoms with Crippen molar-refractivity contribution in [1.29, 1.82) is 0 Å². The van der Waals surface area contributed by atoms with E-state index in [9.17, 15) is 9.59 Å². The molecule has 2 aliphatic rings. The normalized spacial score (nSPS) is 18.7. The van der Waals surface area contributed by atoms with Crippen molar-refractivity contribution in [2.24, 2.45) is 5.92 Å². The highest BCUT2D eigenvalue weighted by Gasteiger charge is 2.17. The van der Waals surface area contributed by atoms with E-state index in [1.807, 2.05) is 0 Å². The average molecular weight is 314 g/mol. The predicted octanol–water partition coefficient (Wildman–Crippen LogP) is 1.87.